The third-order valence-corrected chi connectivity index (χ3v) is 3.58. The average Bonchev–Trinajstić information content (AvgIpc) is 2.78. The number of anilines is 1. The minimum Gasteiger partial charge on any atom is -0.399 e. The van der Waals surface area contributed by atoms with Gasteiger partial charge in [0.1, 0.15) is 0 Å². The highest BCUT2D eigenvalue weighted by molar-refractivity contribution is 5.40. The van der Waals surface area contributed by atoms with E-state index in [1.54, 1.807) is 0 Å². The molecule has 0 aliphatic carbocycles. The molecule has 108 valence electrons. The van der Waals surface area contributed by atoms with Crippen LogP contribution in [0, 0.1) is 0 Å². The SMILES string of the molecule is CCc1cc(CN(CC)Cc2cccc(N)c2)n(C)n1. The first kappa shape index (κ1) is 14.6. The molecular weight excluding hydrogens is 248 g/mol. The highest BCUT2D eigenvalue weighted by Gasteiger charge is 2.09. The first-order valence-corrected chi connectivity index (χ1v) is 7.21. The van der Waals surface area contributed by atoms with Crippen LogP contribution in [-0.4, -0.2) is 21.2 Å². The quantitative estimate of drug-likeness (QED) is 0.822. The predicted octanol–water partition coefficient (Wildman–Crippen LogP) is 2.59. The Labute approximate surface area is 121 Å². The molecule has 0 bridgehead atoms. The Balaban J connectivity index is 2.06. The van der Waals surface area contributed by atoms with E-state index in [0.29, 0.717) is 0 Å². The number of nitrogen functional groups attached to an aromatic ring is 1. The molecule has 0 spiro atoms. The van der Waals surface area contributed by atoms with Crippen molar-refractivity contribution in [2.45, 2.75) is 33.4 Å². The fourth-order valence-electron chi connectivity index (χ4n) is 2.35. The maximum Gasteiger partial charge on any atom is 0.0625 e. The zero-order valence-corrected chi connectivity index (χ0v) is 12.6. The van der Waals surface area contributed by atoms with Gasteiger partial charge in [0.25, 0.3) is 0 Å². The summed E-state index contributed by atoms with van der Waals surface area (Å²) in [5.74, 6) is 0. The van der Waals surface area contributed by atoms with Crippen molar-refractivity contribution in [1.82, 2.24) is 14.7 Å². The first-order chi connectivity index (χ1) is 9.62. The van der Waals surface area contributed by atoms with Gasteiger partial charge in [-0.25, -0.2) is 0 Å². The van der Waals surface area contributed by atoms with Crippen LogP contribution in [0.4, 0.5) is 5.69 Å². The van der Waals surface area contributed by atoms with Gasteiger partial charge in [-0.05, 0) is 36.7 Å². The Morgan fingerprint density at radius 2 is 2.00 bits per heavy atom. The average molecular weight is 272 g/mol. The third-order valence-electron chi connectivity index (χ3n) is 3.58. The Kier molecular flexibility index (Phi) is 4.79. The molecule has 1 aromatic carbocycles. The van der Waals surface area contributed by atoms with Crippen LogP contribution in [0.3, 0.4) is 0 Å². The number of nitrogens with two attached hydrogens (primary N) is 1. The lowest BCUT2D eigenvalue weighted by Gasteiger charge is -2.20. The number of aryl methyl sites for hydroxylation is 2. The van der Waals surface area contributed by atoms with Crippen LogP contribution < -0.4 is 5.73 Å². The van der Waals surface area contributed by atoms with Crippen molar-refractivity contribution >= 4 is 5.69 Å². The van der Waals surface area contributed by atoms with Gasteiger partial charge in [-0.15, -0.1) is 0 Å². The monoisotopic (exact) mass is 272 g/mol. The number of nitrogens with zero attached hydrogens (tertiary/aromatic N) is 3. The summed E-state index contributed by atoms with van der Waals surface area (Å²) in [5.41, 5.74) is 10.3. The standard InChI is InChI=1S/C16H24N4/c1-4-15-10-16(19(3)18-15)12-20(5-2)11-13-7-6-8-14(17)9-13/h6-10H,4-5,11-12,17H2,1-3H3. The molecule has 0 aliphatic rings. The zero-order chi connectivity index (χ0) is 14.5. The molecule has 0 amide bonds. The molecule has 20 heavy (non-hydrogen) atoms. The van der Waals surface area contributed by atoms with Crippen LogP contribution in [-0.2, 0) is 26.6 Å². The maximum absolute atomic E-state index is 5.84. The predicted molar refractivity (Wildman–Crippen MR) is 83.2 cm³/mol. The molecule has 4 heteroatoms. The van der Waals surface area contributed by atoms with Gasteiger partial charge < -0.3 is 5.73 Å². The van der Waals surface area contributed by atoms with Gasteiger partial charge >= 0.3 is 0 Å². The van der Waals surface area contributed by atoms with Gasteiger partial charge in [0, 0.05) is 25.8 Å². The lowest BCUT2D eigenvalue weighted by molar-refractivity contribution is 0.264. The van der Waals surface area contributed by atoms with Gasteiger partial charge in [0.15, 0.2) is 0 Å². The van der Waals surface area contributed by atoms with Gasteiger partial charge in [0.05, 0.1) is 11.4 Å². The molecule has 4 nitrogen and oxygen atoms in total. The largest absolute Gasteiger partial charge is 0.399 e. The van der Waals surface area contributed by atoms with Crippen molar-refractivity contribution in [2.24, 2.45) is 7.05 Å². The second-order valence-electron chi connectivity index (χ2n) is 5.15. The van der Waals surface area contributed by atoms with E-state index in [1.807, 2.05) is 29.9 Å². The van der Waals surface area contributed by atoms with Crippen molar-refractivity contribution in [3.8, 4) is 0 Å². The first-order valence-electron chi connectivity index (χ1n) is 7.21. The van der Waals surface area contributed by atoms with E-state index in [0.717, 1.165) is 37.4 Å². The number of rotatable bonds is 6. The Hall–Kier alpha value is -1.81. The molecule has 2 rings (SSSR count). The smallest absolute Gasteiger partial charge is 0.0625 e. The molecule has 1 aromatic heterocycles. The van der Waals surface area contributed by atoms with E-state index in [1.165, 1.54) is 11.3 Å². The van der Waals surface area contributed by atoms with Gasteiger partial charge in [-0.3, -0.25) is 9.58 Å². The number of hydrogen-bond acceptors (Lipinski definition) is 3. The molecular formula is C16H24N4. The van der Waals surface area contributed by atoms with Gasteiger partial charge in [0.2, 0.25) is 0 Å². The summed E-state index contributed by atoms with van der Waals surface area (Å²) in [5, 5.41) is 4.51. The fraction of sp³-hybridized carbons (Fsp3) is 0.438. The molecule has 0 saturated carbocycles. The maximum atomic E-state index is 5.84. The van der Waals surface area contributed by atoms with Crippen LogP contribution in [0.5, 0.6) is 0 Å². The summed E-state index contributed by atoms with van der Waals surface area (Å²) in [4.78, 5) is 2.39. The number of hydrogen-bond donors (Lipinski definition) is 1. The normalized spacial score (nSPS) is 11.2. The second-order valence-corrected chi connectivity index (χ2v) is 5.15. The van der Waals surface area contributed by atoms with E-state index in [9.17, 15) is 0 Å². The van der Waals surface area contributed by atoms with E-state index < -0.39 is 0 Å². The zero-order valence-electron chi connectivity index (χ0n) is 12.6. The summed E-state index contributed by atoms with van der Waals surface area (Å²) in [6.45, 7) is 7.14. The lowest BCUT2D eigenvalue weighted by atomic mass is 10.2. The molecule has 1 heterocycles. The summed E-state index contributed by atoms with van der Waals surface area (Å²) < 4.78 is 1.99. The van der Waals surface area contributed by atoms with Crippen LogP contribution in [0.15, 0.2) is 30.3 Å². The van der Waals surface area contributed by atoms with Crippen LogP contribution in [0.1, 0.15) is 30.8 Å². The molecule has 0 fully saturated rings. The Morgan fingerprint density at radius 1 is 1.20 bits per heavy atom. The summed E-state index contributed by atoms with van der Waals surface area (Å²) in [6, 6.07) is 10.3. The molecule has 2 N–H and O–H groups in total. The van der Waals surface area contributed by atoms with Crippen molar-refractivity contribution in [2.75, 3.05) is 12.3 Å². The molecule has 0 aliphatic heterocycles. The topological polar surface area (TPSA) is 47.1 Å². The summed E-state index contributed by atoms with van der Waals surface area (Å²) >= 11 is 0. The molecule has 0 radical (unpaired) electrons. The van der Waals surface area contributed by atoms with Crippen LogP contribution >= 0.6 is 0 Å². The van der Waals surface area contributed by atoms with Gasteiger partial charge in [-0.2, -0.15) is 5.10 Å². The van der Waals surface area contributed by atoms with Gasteiger partial charge in [-0.1, -0.05) is 26.0 Å². The van der Waals surface area contributed by atoms with E-state index in [-0.39, 0.29) is 0 Å². The Bertz CT molecular complexity index is 559. The molecule has 0 unspecified atom stereocenters. The summed E-state index contributed by atoms with van der Waals surface area (Å²) in [6.07, 6.45) is 0.981. The fourth-order valence-corrected chi connectivity index (χ4v) is 2.35. The lowest BCUT2D eigenvalue weighted by Crippen LogP contribution is -2.23. The van der Waals surface area contributed by atoms with E-state index in [4.69, 9.17) is 5.73 Å². The second kappa shape index (κ2) is 6.57. The van der Waals surface area contributed by atoms with E-state index in [2.05, 4.69) is 36.0 Å². The molecule has 0 saturated heterocycles. The molecule has 2 aromatic rings. The highest BCUT2D eigenvalue weighted by Crippen LogP contribution is 2.13. The van der Waals surface area contributed by atoms with Crippen molar-refractivity contribution in [3.63, 3.8) is 0 Å². The number of benzene rings is 1. The van der Waals surface area contributed by atoms with Crippen molar-refractivity contribution in [3.05, 3.63) is 47.3 Å². The minimum absolute atomic E-state index is 0.826. The van der Waals surface area contributed by atoms with Crippen LogP contribution in [0.2, 0.25) is 0 Å². The third kappa shape index (κ3) is 3.61. The number of aromatic nitrogens is 2. The minimum atomic E-state index is 0.826. The Morgan fingerprint density at radius 3 is 2.60 bits per heavy atom. The van der Waals surface area contributed by atoms with Crippen molar-refractivity contribution in [1.29, 1.82) is 0 Å². The van der Waals surface area contributed by atoms with Crippen LogP contribution in [0.25, 0.3) is 0 Å². The van der Waals surface area contributed by atoms with E-state index >= 15 is 0 Å². The van der Waals surface area contributed by atoms with Crippen molar-refractivity contribution < 1.29 is 0 Å². The summed E-state index contributed by atoms with van der Waals surface area (Å²) in [7, 11) is 2.02. The molecule has 0 atom stereocenters. The highest BCUT2D eigenvalue weighted by atomic mass is 15.3.